The van der Waals surface area contributed by atoms with E-state index in [9.17, 15) is 4.79 Å². The molecule has 0 unspecified atom stereocenters. The molecule has 0 heterocycles. The Hall–Kier alpha value is -0.830. The van der Waals surface area contributed by atoms with Gasteiger partial charge in [0.2, 0.25) is 0 Å². The Morgan fingerprint density at radius 1 is 1.06 bits per heavy atom. The number of aliphatic hydroxyl groups is 1. The van der Waals surface area contributed by atoms with Crippen molar-refractivity contribution < 1.29 is 14.6 Å². The number of carbonyl (C=O) groups excluding carboxylic acids is 1. The van der Waals surface area contributed by atoms with Gasteiger partial charge in [0.15, 0.2) is 0 Å². The smallest absolute Gasteiger partial charge is 0.305 e. The summed E-state index contributed by atoms with van der Waals surface area (Å²) in [7, 11) is 1.43. The first-order chi connectivity index (χ1) is 7.81. The second-order valence-electron chi connectivity index (χ2n) is 3.87. The second-order valence-corrected chi connectivity index (χ2v) is 3.87. The molecule has 0 aliphatic heterocycles. The van der Waals surface area contributed by atoms with Gasteiger partial charge < -0.3 is 9.84 Å². The third kappa shape index (κ3) is 11.2. The number of unbranched alkanes of at least 4 members (excludes halogenated alkanes) is 5. The molecule has 3 nitrogen and oxygen atoms in total. The minimum absolute atomic E-state index is 0.108. The zero-order valence-corrected chi connectivity index (χ0v) is 10.3. The van der Waals surface area contributed by atoms with Crippen LogP contribution in [0.25, 0.3) is 0 Å². The van der Waals surface area contributed by atoms with Crippen LogP contribution < -0.4 is 0 Å². The summed E-state index contributed by atoms with van der Waals surface area (Å²) in [5.41, 5.74) is 0. The van der Waals surface area contributed by atoms with Crippen molar-refractivity contribution in [2.24, 2.45) is 0 Å². The Balaban J connectivity index is 3.09. The van der Waals surface area contributed by atoms with Crippen LogP contribution in [0.15, 0.2) is 12.2 Å². The van der Waals surface area contributed by atoms with E-state index in [-0.39, 0.29) is 12.6 Å². The molecule has 0 aliphatic carbocycles. The Labute approximate surface area is 98.5 Å². The van der Waals surface area contributed by atoms with E-state index < -0.39 is 0 Å². The SMILES string of the molecule is COC(=O)CCCCCC/C=C\CCCO. The lowest BCUT2D eigenvalue weighted by atomic mass is 10.1. The van der Waals surface area contributed by atoms with Gasteiger partial charge in [-0.15, -0.1) is 0 Å². The standard InChI is InChI=1S/C13H24O3/c1-16-13(15)11-9-7-5-3-2-4-6-8-10-12-14/h4,6,14H,2-3,5,7-12H2,1H3/b6-4-. The Kier molecular flexibility index (Phi) is 11.6. The summed E-state index contributed by atoms with van der Waals surface area (Å²) in [5.74, 6) is -0.108. The van der Waals surface area contributed by atoms with E-state index >= 15 is 0 Å². The van der Waals surface area contributed by atoms with Gasteiger partial charge in [0.05, 0.1) is 7.11 Å². The van der Waals surface area contributed by atoms with E-state index in [1.54, 1.807) is 0 Å². The third-order valence-corrected chi connectivity index (χ3v) is 2.42. The Morgan fingerprint density at radius 2 is 1.69 bits per heavy atom. The van der Waals surface area contributed by atoms with E-state index in [4.69, 9.17) is 5.11 Å². The first kappa shape index (κ1) is 15.2. The van der Waals surface area contributed by atoms with Crippen LogP contribution in [-0.2, 0) is 9.53 Å². The summed E-state index contributed by atoms with van der Waals surface area (Å²) in [6.07, 6.45) is 12.2. The number of carbonyl (C=O) groups is 1. The van der Waals surface area contributed by atoms with E-state index in [1.807, 2.05) is 0 Å². The zero-order valence-electron chi connectivity index (χ0n) is 10.3. The minimum atomic E-state index is -0.108. The number of esters is 1. The molecule has 0 saturated carbocycles. The molecule has 0 aromatic heterocycles. The van der Waals surface area contributed by atoms with E-state index in [2.05, 4.69) is 16.9 Å². The lowest BCUT2D eigenvalue weighted by Crippen LogP contribution is -1.98. The fourth-order valence-electron chi connectivity index (χ4n) is 1.43. The molecule has 94 valence electrons. The number of ether oxygens (including phenoxy) is 1. The van der Waals surface area contributed by atoms with Crippen LogP contribution >= 0.6 is 0 Å². The van der Waals surface area contributed by atoms with Crippen LogP contribution in [0.4, 0.5) is 0 Å². The normalized spacial score (nSPS) is 10.9. The van der Waals surface area contributed by atoms with Crippen LogP contribution in [0, 0.1) is 0 Å². The van der Waals surface area contributed by atoms with Gasteiger partial charge in [0.1, 0.15) is 0 Å². The number of allylic oxidation sites excluding steroid dienone is 2. The van der Waals surface area contributed by atoms with Crippen molar-refractivity contribution in [2.45, 2.75) is 51.4 Å². The lowest BCUT2D eigenvalue weighted by Gasteiger charge is -1.99. The molecule has 0 saturated heterocycles. The summed E-state index contributed by atoms with van der Waals surface area (Å²) < 4.78 is 4.56. The maximum Gasteiger partial charge on any atom is 0.305 e. The molecule has 0 bridgehead atoms. The first-order valence-electron chi connectivity index (χ1n) is 6.14. The predicted molar refractivity (Wildman–Crippen MR) is 65.2 cm³/mol. The van der Waals surface area contributed by atoms with E-state index in [1.165, 1.54) is 20.0 Å². The summed E-state index contributed by atoms with van der Waals surface area (Å²) in [4.78, 5) is 10.8. The molecule has 1 N–H and O–H groups in total. The Bertz CT molecular complexity index is 188. The predicted octanol–water partition coefficient (Wildman–Crippen LogP) is 2.83. The highest BCUT2D eigenvalue weighted by atomic mass is 16.5. The van der Waals surface area contributed by atoms with Crippen molar-refractivity contribution in [2.75, 3.05) is 13.7 Å². The van der Waals surface area contributed by atoms with Crippen molar-refractivity contribution in [3.05, 3.63) is 12.2 Å². The summed E-state index contributed by atoms with van der Waals surface area (Å²) >= 11 is 0. The molecule has 0 radical (unpaired) electrons. The van der Waals surface area contributed by atoms with Gasteiger partial charge in [0, 0.05) is 13.0 Å². The van der Waals surface area contributed by atoms with Gasteiger partial charge in [0.25, 0.3) is 0 Å². The van der Waals surface area contributed by atoms with E-state index in [0.29, 0.717) is 6.42 Å². The minimum Gasteiger partial charge on any atom is -0.469 e. The molecule has 0 atom stereocenters. The average molecular weight is 228 g/mol. The van der Waals surface area contributed by atoms with Gasteiger partial charge in [-0.3, -0.25) is 4.79 Å². The van der Waals surface area contributed by atoms with Gasteiger partial charge in [-0.25, -0.2) is 0 Å². The maximum atomic E-state index is 10.8. The van der Waals surface area contributed by atoms with Crippen molar-refractivity contribution >= 4 is 5.97 Å². The quantitative estimate of drug-likeness (QED) is 0.355. The number of rotatable bonds is 10. The van der Waals surface area contributed by atoms with Crippen LogP contribution in [0.2, 0.25) is 0 Å². The molecule has 0 rings (SSSR count). The van der Waals surface area contributed by atoms with Crippen molar-refractivity contribution in [1.82, 2.24) is 0 Å². The average Bonchev–Trinajstić information content (AvgIpc) is 2.31. The lowest BCUT2D eigenvalue weighted by molar-refractivity contribution is -0.140. The van der Waals surface area contributed by atoms with Crippen molar-refractivity contribution in [3.63, 3.8) is 0 Å². The topological polar surface area (TPSA) is 46.5 Å². The van der Waals surface area contributed by atoms with Gasteiger partial charge in [-0.1, -0.05) is 25.0 Å². The molecular weight excluding hydrogens is 204 g/mol. The molecule has 0 fully saturated rings. The number of hydrogen-bond acceptors (Lipinski definition) is 3. The fraction of sp³-hybridized carbons (Fsp3) is 0.769. The molecule has 0 aromatic carbocycles. The number of hydrogen-bond donors (Lipinski definition) is 1. The molecule has 3 heteroatoms. The Morgan fingerprint density at radius 3 is 2.31 bits per heavy atom. The van der Waals surface area contributed by atoms with Crippen LogP contribution in [0.1, 0.15) is 51.4 Å². The second kappa shape index (κ2) is 12.2. The highest BCUT2D eigenvalue weighted by Gasteiger charge is 1.98. The van der Waals surface area contributed by atoms with Crippen LogP contribution in [0.5, 0.6) is 0 Å². The van der Waals surface area contributed by atoms with Gasteiger partial charge in [-0.2, -0.15) is 0 Å². The van der Waals surface area contributed by atoms with E-state index in [0.717, 1.165) is 32.1 Å². The van der Waals surface area contributed by atoms with Gasteiger partial charge >= 0.3 is 5.97 Å². The van der Waals surface area contributed by atoms with Crippen molar-refractivity contribution in [3.8, 4) is 0 Å². The summed E-state index contributed by atoms with van der Waals surface area (Å²) in [6, 6.07) is 0. The van der Waals surface area contributed by atoms with Crippen LogP contribution in [-0.4, -0.2) is 24.8 Å². The summed E-state index contributed by atoms with van der Waals surface area (Å²) in [5, 5.41) is 8.56. The molecule has 0 spiro atoms. The van der Waals surface area contributed by atoms with Crippen molar-refractivity contribution in [1.29, 1.82) is 0 Å². The molecular formula is C13H24O3. The highest BCUT2D eigenvalue weighted by Crippen LogP contribution is 2.06. The molecule has 16 heavy (non-hydrogen) atoms. The summed E-state index contributed by atoms with van der Waals surface area (Å²) in [6.45, 7) is 0.276. The molecule has 0 amide bonds. The number of aliphatic hydroxyl groups excluding tert-OH is 1. The highest BCUT2D eigenvalue weighted by molar-refractivity contribution is 5.68. The number of methoxy groups -OCH3 is 1. The first-order valence-corrected chi connectivity index (χ1v) is 6.14. The molecule has 0 aliphatic rings. The maximum absolute atomic E-state index is 10.8. The van der Waals surface area contributed by atoms with Gasteiger partial charge in [-0.05, 0) is 32.1 Å². The third-order valence-electron chi connectivity index (χ3n) is 2.42. The molecule has 0 aromatic rings. The largest absolute Gasteiger partial charge is 0.469 e. The monoisotopic (exact) mass is 228 g/mol. The zero-order chi connectivity index (χ0) is 12.1. The fourth-order valence-corrected chi connectivity index (χ4v) is 1.43. The van der Waals surface area contributed by atoms with Crippen LogP contribution in [0.3, 0.4) is 0 Å².